The summed E-state index contributed by atoms with van der Waals surface area (Å²) in [4.78, 5) is 16.9. The molecule has 1 aromatic heterocycles. The zero-order chi connectivity index (χ0) is 23.3. The van der Waals surface area contributed by atoms with E-state index in [0.717, 1.165) is 0 Å². The van der Waals surface area contributed by atoms with E-state index in [0.29, 0.717) is 11.4 Å². The van der Waals surface area contributed by atoms with Gasteiger partial charge in [0.05, 0.1) is 7.11 Å². The van der Waals surface area contributed by atoms with Gasteiger partial charge in [-0.05, 0) is 29.8 Å². The van der Waals surface area contributed by atoms with Gasteiger partial charge in [-0.3, -0.25) is 0 Å². The monoisotopic (exact) mass is 452 g/mol. The molecule has 0 aliphatic rings. The maximum absolute atomic E-state index is 13.8. The first-order valence-electron chi connectivity index (χ1n) is 9.34. The van der Waals surface area contributed by atoms with Crippen LogP contribution in [0.2, 0.25) is 0 Å². The predicted octanol–water partition coefficient (Wildman–Crippen LogP) is 4.42. The second-order valence-corrected chi connectivity index (χ2v) is 6.75. The van der Waals surface area contributed by atoms with Crippen molar-refractivity contribution in [3.05, 3.63) is 72.1 Å². The van der Waals surface area contributed by atoms with Crippen LogP contribution in [0.1, 0.15) is 17.4 Å². The first kappa shape index (κ1) is 22.9. The number of methoxy groups -OCH3 is 1. The Labute approximate surface area is 181 Å². The zero-order valence-electron chi connectivity index (χ0n) is 17.1. The van der Waals surface area contributed by atoms with Crippen LogP contribution in [0, 0.1) is 5.82 Å². The molecule has 0 bridgehead atoms. The average molecular weight is 452 g/mol. The summed E-state index contributed by atoms with van der Waals surface area (Å²) >= 11 is 0. The predicted molar refractivity (Wildman–Crippen MR) is 108 cm³/mol. The lowest BCUT2D eigenvalue weighted by Crippen LogP contribution is -2.34. The Bertz CT molecular complexity index is 1080. The van der Waals surface area contributed by atoms with Gasteiger partial charge in [0.15, 0.2) is 18.1 Å². The summed E-state index contributed by atoms with van der Waals surface area (Å²) in [6, 6.07) is 8.24. The summed E-state index contributed by atoms with van der Waals surface area (Å²) in [6.07, 6.45) is -1.32. The number of nitrogens with zero attached hydrogens (tertiary/aromatic N) is 2. The zero-order valence-corrected chi connectivity index (χ0v) is 17.1. The quantitative estimate of drug-likeness (QED) is 0.521. The lowest BCUT2D eigenvalue weighted by molar-refractivity contribution is -0.153. The molecule has 3 aromatic rings. The van der Waals surface area contributed by atoms with Crippen molar-refractivity contribution in [3.63, 3.8) is 0 Å². The van der Waals surface area contributed by atoms with E-state index < -0.39 is 30.7 Å². The maximum Gasteiger partial charge on any atom is 0.422 e. The minimum absolute atomic E-state index is 0.0749. The van der Waals surface area contributed by atoms with Gasteiger partial charge in [0.1, 0.15) is 17.7 Å². The molecule has 0 saturated carbocycles. The van der Waals surface area contributed by atoms with Crippen LogP contribution in [-0.4, -0.2) is 35.5 Å². The molecular weight excluding hydrogens is 432 g/mol. The lowest BCUT2D eigenvalue weighted by atomic mass is 10.1. The summed E-state index contributed by atoms with van der Waals surface area (Å²) in [5, 5.41) is 5.23. The van der Waals surface area contributed by atoms with Crippen molar-refractivity contribution in [1.82, 2.24) is 14.9 Å². The van der Waals surface area contributed by atoms with Crippen LogP contribution in [-0.2, 0) is 7.05 Å². The fourth-order valence-electron chi connectivity index (χ4n) is 2.96. The van der Waals surface area contributed by atoms with Crippen LogP contribution in [0.4, 0.5) is 28.0 Å². The third kappa shape index (κ3) is 5.90. The highest BCUT2D eigenvalue weighted by Gasteiger charge is 2.29. The summed E-state index contributed by atoms with van der Waals surface area (Å²) in [5.74, 6) is -0.139. The number of halogens is 4. The number of benzene rings is 2. The van der Waals surface area contributed by atoms with Crippen molar-refractivity contribution in [2.45, 2.75) is 12.2 Å². The lowest BCUT2D eigenvalue weighted by Gasteiger charge is -2.20. The smallest absolute Gasteiger partial charge is 0.422 e. The second-order valence-electron chi connectivity index (χ2n) is 6.75. The Balaban J connectivity index is 1.80. The Hall–Kier alpha value is -3.76. The van der Waals surface area contributed by atoms with Gasteiger partial charge >= 0.3 is 12.2 Å². The number of nitrogens with one attached hydrogen (secondary N) is 2. The molecule has 170 valence electrons. The molecule has 0 aliphatic heterocycles. The van der Waals surface area contributed by atoms with Crippen LogP contribution in [0.3, 0.4) is 0 Å². The largest absolute Gasteiger partial charge is 0.493 e. The number of amides is 2. The number of rotatable bonds is 7. The molecule has 11 heteroatoms. The van der Waals surface area contributed by atoms with Gasteiger partial charge in [-0.15, -0.1) is 0 Å². The van der Waals surface area contributed by atoms with Crippen LogP contribution in [0.15, 0.2) is 54.9 Å². The molecule has 1 heterocycles. The first-order chi connectivity index (χ1) is 15.2. The molecule has 0 spiro atoms. The summed E-state index contributed by atoms with van der Waals surface area (Å²) in [7, 11) is 3.01. The molecule has 32 heavy (non-hydrogen) atoms. The second kappa shape index (κ2) is 9.58. The molecule has 0 fully saturated rings. The standard InChI is InChI=1S/C21H20F4N4O3/c1-29-9-8-26-19(29)18(13-4-3-5-14(22)10-13)28-20(30)27-15-6-7-16(31-2)17(11-15)32-12-21(23,24)25/h3-11,18H,12H2,1-2H3,(H2,27,28,30). The van der Waals surface area contributed by atoms with Crippen LogP contribution < -0.4 is 20.1 Å². The number of ether oxygens (including phenoxy) is 2. The van der Waals surface area contributed by atoms with Crippen LogP contribution in [0.5, 0.6) is 11.5 Å². The number of carbonyl (C=O) groups excluding carboxylic acids is 1. The molecule has 0 aliphatic carbocycles. The maximum atomic E-state index is 13.8. The molecule has 3 rings (SSSR count). The Morgan fingerprint density at radius 2 is 1.97 bits per heavy atom. The number of anilines is 1. The van der Waals surface area contributed by atoms with E-state index in [1.165, 1.54) is 49.7 Å². The van der Waals surface area contributed by atoms with Crippen molar-refractivity contribution in [2.24, 2.45) is 7.05 Å². The molecule has 7 nitrogen and oxygen atoms in total. The van der Waals surface area contributed by atoms with E-state index in [2.05, 4.69) is 15.6 Å². The number of urea groups is 1. The van der Waals surface area contributed by atoms with Gasteiger partial charge < -0.3 is 24.7 Å². The van der Waals surface area contributed by atoms with Crippen LogP contribution in [0.25, 0.3) is 0 Å². The minimum Gasteiger partial charge on any atom is -0.493 e. The van der Waals surface area contributed by atoms with Gasteiger partial charge in [0.2, 0.25) is 0 Å². The van der Waals surface area contributed by atoms with E-state index in [1.54, 1.807) is 23.9 Å². The number of hydrogen-bond acceptors (Lipinski definition) is 4. The first-order valence-corrected chi connectivity index (χ1v) is 9.34. The third-order valence-corrected chi connectivity index (χ3v) is 4.39. The van der Waals surface area contributed by atoms with Gasteiger partial charge in [-0.2, -0.15) is 13.2 Å². The Morgan fingerprint density at radius 1 is 1.19 bits per heavy atom. The number of aromatic nitrogens is 2. The number of hydrogen-bond donors (Lipinski definition) is 2. The molecule has 1 atom stereocenters. The minimum atomic E-state index is -4.54. The van der Waals surface area contributed by atoms with Crippen molar-refractivity contribution in [1.29, 1.82) is 0 Å². The average Bonchev–Trinajstić information content (AvgIpc) is 3.15. The SMILES string of the molecule is COc1ccc(NC(=O)NC(c2cccc(F)c2)c2nccn2C)cc1OCC(F)(F)F. The third-order valence-electron chi connectivity index (χ3n) is 4.39. The summed E-state index contributed by atoms with van der Waals surface area (Å²) in [6.45, 7) is -1.51. The Morgan fingerprint density at radius 3 is 2.59 bits per heavy atom. The number of carbonyl (C=O) groups is 1. The van der Waals surface area contributed by atoms with Crippen LogP contribution >= 0.6 is 0 Å². The fourth-order valence-corrected chi connectivity index (χ4v) is 2.96. The van der Waals surface area contributed by atoms with Gasteiger partial charge in [-0.1, -0.05) is 12.1 Å². The number of imidazole rings is 1. The molecule has 0 saturated heterocycles. The molecule has 2 N–H and O–H groups in total. The number of aryl methyl sites for hydroxylation is 1. The topological polar surface area (TPSA) is 77.4 Å². The van der Waals surface area contributed by atoms with E-state index in [1.807, 2.05) is 0 Å². The van der Waals surface area contributed by atoms with E-state index >= 15 is 0 Å². The number of alkyl halides is 3. The van der Waals surface area contributed by atoms with E-state index in [-0.39, 0.29) is 17.2 Å². The van der Waals surface area contributed by atoms with Crippen molar-refractivity contribution < 1.29 is 31.8 Å². The molecule has 2 aromatic carbocycles. The van der Waals surface area contributed by atoms with Gasteiger partial charge in [0, 0.05) is 31.2 Å². The summed E-state index contributed by atoms with van der Waals surface area (Å²) < 4.78 is 62.7. The highest BCUT2D eigenvalue weighted by Crippen LogP contribution is 2.32. The highest BCUT2D eigenvalue weighted by atomic mass is 19.4. The molecular formula is C21H20F4N4O3. The molecule has 0 radical (unpaired) electrons. The van der Waals surface area contributed by atoms with E-state index in [4.69, 9.17) is 9.47 Å². The Kier molecular flexibility index (Phi) is 6.86. The molecule has 1 unspecified atom stereocenters. The summed E-state index contributed by atoms with van der Waals surface area (Å²) in [5.41, 5.74) is 0.622. The van der Waals surface area contributed by atoms with E-state index in [9.17, 15) is 22.4 Å². The fraction of sp³-hybridized carbons (Fsp3) is 0.238. The van der Waals surface area contributed by atoms with Crippen molar-refractivity contribution in [3.8, 4) is 11.5 Å². The van der Waals surface area contributed by atoms with Gasteiger partial charge in [0.25, 0.3) is 0 Å². The molecule has 2 amide bonds. The van der Waals surface area contributed by atoms with Gasteiger partial charge in [-0.25, -0.2) is 14.2 Å². The van der Waals surface area contributed by atoms with Crippen molar-refractivity contribution >= 4 is 11.7 Å². The normalized spacial score (nSPS) is 12.2. The highest BCUT2D eigenvalue weighted by molar-refractivity contribution is 5.90. The van der Waals surface area contributed by atoms with Crippen molar-refractivity contribution in [2.75, 3.05) is 19.0 Å².